The molecular weight excluding hydrogens is 404 g/mol. The van der Waals surface area contributed by atoms with Gasteiger partial charge in [-0.15, -0.1) is 0 Å². The van der Waals surface area contributed by atoms with Gasteiger partial charge in [-0.3, -0.25) is 14.4 Å². The number of amides is 2. The molecule has 7 heteroatoms. The maximum Gasteiger partial charge on any atom is 0.311 e. The first kappa shape index (κ1) is 22.6. The van der Waals surface area contributed by atoms with Crippen LogP contribution in [-0.4, -0.2) is 58.9 Å². The van der Waals surface area contributed by atoms with E-state index < -0.39 is 18.0 Å². The minimum atomic E-state index is -0.817. The SMILES string of the molecule is CC(OC(=O)C1CCCN(C(=O)c2ccc(Cl)cc2)C1)C(=O)N1C(C)CCCC1C. The van der Waals surface area contributed by atoms with Gasteiger partial charge in [0.05, 0.1) is 5.92 Å². The summed E-state index contributed by atoms with van der Waals surface area (Å²) in [6.45, 7) is 6.64. The number of likely N-dealkylation sites (tertiary alicyclic amines) is 2. The standard InChI is InChI=1S/C23H31ClN2O4/c1-15-6-4-7-16(2)26(15)21(27)17(3)30-23(29)19-8-5-13-25(14-19)22(28)18-9-11-20(24)12-10-18/h9-12,15-17,19H,4-8,13-14H2,1-3H3. The number of rotatable bonds is 4. The third-order valence-corrected chi connectivity index (χ3v) is 6.47. The average molecular weight is 435 g/mol. The van der Waals surface area contributed by atoms with Gasteiger partial charge in [-0.05, 0) is 77.1 Å². The van der Waals surface area contributed by atoms with E-state index in [1.54, 1.807) is 36.1 Å². The van der Waals surface area contributed by atoms with Crippen LogP contribution in [0.4, 0.5) is 0 Å². The monoisotopic (exact) mass is 434 g/mol. The number of carbonyl (C=O) groups is 3. The Balaban J connectivity index is 1.58. The summed E-state index contributed by atoms with van der Waals surface area (Å²) in [6.07, 6.45) is 3.62. The minimum absolute atomic E-state index is 0.121. The van der Waals surface area contributed by atoms with Crippen LogP contribution in [0.3, 0.4) is 0 Å². The van der Waals surface area contributed by atoms with Crippen LogP contribution in [-0.2, 0) is 14.3 Å². The van der Waals surface area contributed by atoms with Crippen LogP contribution in [0, 0.1) is 5.92 Å². The Labute approximate surface area is 183 Å². The third kappa shape index (κ3) is 5.15. The lowest BCUT2D eigenvalue weighted by molar-refractivity contribution is -0.166. The lowest BCUT2D eigenvalue weighted by atomic mass is 9.96. The smallest absolute Gasteiger partial charge is 0.311 e. The highest BCUT2D eigenvalue weighted by Gasteiger charge is 2.36. The summed E-state index contributed by atoms with van der Waals surface area (Å²) < 4.78 is 5.57. The second-order valence-corrected chi connectivity index (χ2v) is 8.99. The highest BCUT2D eigenvalue weighted by atomic mass is 35.5. The molecule has 2 fully saturated rings. The largest absolute Gasteiger partial charge is 0.452 e. The van der Waals surface area contributed by atoms with Crippen molar-refractivity contribution in [1.82, 2.24) is 9.80 Å². The Hall–Kier alpha value is -2.08. The molecule has 1 aromatic carbocycles. The van der Waals surface area contributed by atoms with Crippen LogP contribution in [0.15, 0.2) is 24.3 Å². The number of nitrogens with zero attached hydrogens (tertiary/aromatic N) is 2. The average Bonchev–Trinajstić information content (AvgIpc) is 2.73. The zero-order valence-corrected chi connectivity index (χ0v) is 18.7. The van der Waals surface area contributed by atoms with Crippen molar-refractivity contribution >= 4 is 29.4 Å². The van der Waals surface area contributed by atoms with Crippen LogP contribution in [0.2, 0.25) is 5.02 Å². The molecule has 164 valence electrons. The third-order valence-electron chi connectivity index (χ3n) is 6.22. The number of carbonyl (C=O) groups excluding carboxylic acids is 3. The second kappa shape index (κ2) is 9.82. The Morgan fingerprint density at radius 1 is 1.03 bits per heavy atom. The molecule has 0 aliphatic carbocycles. The minimum Gasteiger partial charge on any atom is -0.452 e. The molecule has 6 nitrogen and oxygen atoms in total. The van der Waals surface area contributed by atoms with Crippen molar-refractivity contribution in [3.63, 3.8) is 0 Å². The molecule has 0 spiro atoms. The fourth-order valence-corrected chi connectivity index (χ4v) is 4.64. The molecule has 2 saturated heterocycles. The highest BCUT2D eigenvalue weighted by Crippen LogP contribution is 2.25. The molecule has 0 aromatic heterocycles. The normalized spacial score (nSPS) is 25.5. The van der Waals surface area contributed by atoms with Gasteiger partial charge in [0.25, 0.3) is 11.8 Å². The maximum absolute atomic E-state index is 12.9. The molecular formula is C23H31ClN2O4. The molecule has 0 N–H and O–H groups in total. The molecule has 2 amide bonds. The zero-order chi connectivity index (χ0) is 21.8. The molecule has 2 aliphatic rings. The second-order valence-electron chi connectivity index (χ2n) is 8.55. The van der Waals surface area contributed by atoms with E-state index in [9.17, 15) is 14.4 Å². The fourth-order valence-electron chi connectivity index (χ4n) is 4.52. The lowest BCUT2D eigenvalue weighted by Crippen LogP contribution is -2.52. The van der Waals surface area contributed by atoms with E-state index in [2.05, 4.69) is 0 Å². The number of hydrogen-bond donors (Lipinski definition) is 0. The Kier molecular flexibility index (Phi) is 7.40. The highest BCUT2D eigenvalue weighted by molar-refractivity contribution is 6.30. The van der Waals surface area contributed by atoms with Gasteiger partial charge < -0.3 is 14.5 Å². The molecule has 2 heterocycles. The van der Waals surface area contributed by atoms with Crippen molar-refractivity contribution in [2.24, 2.45) is 5.92 Å². The van der Waals surface area contributed by atoms with E-state index in [1.165, 1.54) is 0 Å². The molecule has 4 unspecified atom stereocenters. The van der Waals surface area contributed by atoms with Gasteiger partial charge in [-0.25, -0.2) is 0 Å². The first-order valence-corrected chi connectivity index (χ1v) is 11.2. The first-order chi connectivity index (χ1) is 14.3. The molecule has 0 radical (unpaired) electrons. The Morgan fingerprint density at radius 2 is 1.67 bits per heavy atom. The number of piperidine rings is 2. The predicted octanol–water partition coefficient (Wildman–Crippen LogP) is 3.91. The molecule has 2 aliphatic heterocycles. The first-order valence-electron chi connectivity index (χ1n) is 10.9. The van der Waals surface area contributed by atoms with Crippen molar-refractivity contribution in [1.29, 1.82) is 0 Å². The van der Waals surface area contributed by atoms with Crippen molar-refractivity contribution < 1.29 is 19.1 Å². The summed E-state index contributed by atoms with van der Waals surface area (Å²) in [6, 6.07) is 7.05. The number of ether oxygens (including phenoxy) is 1. The molecule has 1 aromatic rings. The van der Waals surface area contributed by atoms with E-state index in [0.717, 1.165) is 25.7 Å². The molecule has 0 bridgehead atoms. The fraction of sp³-hybridized carbons (Fsp3) is 0.609. The lowest BCUT2D eigenvalue weighted by Gasteiger charge is -2.40. The Morgan fingerprint density at radius 3 is 2.30 bits per heavy atom. The number of benzene rings is 1. The quantitative estimate of drug-likeness (QED) is 0.674. The molecule has 3 rings (SSSR count). The van der Waals surface area contributed by atoms with Gasteiger partial charge >= 0.3 is 5.97 Å². The van der Waals surface area contributed by atoms with Crippen LogP contribution < -0.4 is 0 Å². The van der Waals surface area contributed by atoms with Gasteiger partial charge in [0.15, 0.2) is 6.10 Å². The molecule has 4 atom stereocenters. The van der Waals surface area contributed by atoms with Gasteiger partial charge in [0.1, 0.15) is 0 Å². The van der Waals surface area contributed by atoms with Crippen molar-refractivity contribution in [3.8, 4) is 0 Å². The summed E-state index contributed by atoms with van der Waals surface area (Å²) in [7, 11) is 0. The summed E-state index contributed by atoms with van der Waals surface area (Å²) >= 11 is 5.90. The van der Waals surface area contributed by atoms with E-state index >= 15 is 0 Å². The molecule has 0 saturated carbocycles. The number of halogens is 1. The van der Waals surface area contributed by atoms with E-state index in [0.29, 0.717) is 30.1 Å². The summed E-state index contributed by atoms with van der Waals surface area (Å²) in [5.41, 5.74) is 0.546. The number of hydrogen-bond acceptors (Lipinski definition) is 4. The van der Waals surface area contributed by atoms with Crippen LogP contribution in [0.25, 0.3) is 0 Å². The van der Waals surface area contributed by atoms with Crippen molar-refractivity contribution in [2.45, 2.75) is 71.1 Å². The summed E-state index contributed by atoms with van der Waals surface area (Å²) in [4.78, 5) is 42.0. The van der Waals surface area contributed by atoms with Crippen LogP contribution in [0.1, 0.15) is 63.2 Å². The van der Waals surface area contributed by atoms with Crippen LogP contribution in [0.5, 0.6) is 0 Å². The van der Waals surface area contributed by atoms with Gasteiger partial charge in [0.2, 0.25) is 0 Å². The van der Waals surface area contributed by atoms with E-state index in [4.69, 9.17) is 16.3 Å². The number of esters is 1. The van der Waals surface area contributed by atoms with E-state index in [1.807, 2.05) is 18.7 Å². The predicted molar refractivity (Wildman–Crippen MR) is 115 cm³/mol. The van der Waals surface area contributed by atoms with E-state index in [-0.39, 0.29) is 23.9 Å². The van der Waals surface area contributed by atoms with Gasteiger partial charge in [-0.2, -0.15) is 0 Å². The molecule has 30 heavy (non-hydrogen) atoms. The maximum atomic E-state index is 12.9. The van der Waals surface area contributed by atoms with Gasteiger partial charge in [0, 0.05) is 35.8 Å². The zero-order valence-electron chi connectivity index (χ0n) is 18.0. The van der Waals surface area contributed by atoms with Crippen LogP contribution >= 0.6 is 11.6 Å². The van der Waals surface area contributed by atoms with Gasteiger partial charge in [-0.1, -0.05) is 11.6 Å². The Bertz CT molecular complexity index is 772. The van der Waals surface area contributed by atoms with Crippen molar-refractivity contribution in [3.05, 3.63) is 34.9 Å². The van der Waals surface area contributed by atoms with Crippen molar-refractivity contribution in [2.75, 3.05) is 13.1 Å². The summed E-state index contributed by atoms with van der Waals surface area (Å²) in [5, 5.41) is 0.572. The topological polar surface area (TPSA) is 66.9 Å². The summed E-state index contributed by atoms with van der Waals surface area (Å²) in [5.74, 6) is -1.07.